The summed E-state index contributed by atoms with van der Waals surface area (Å²) in [5.41, 5.74) is 0.839. The van der Waals surface area contributed by atoms with Gasteiger partial charge in [0.1, 0.15) is 18.0 Å². The normalized spacial score (nSPS) is 20.9. The minimum absolute atomic E-state index is 0.262. The van der Waals surface area contributed by atoms with Gasteiger partial charge in [0.05, 0.1) is 0 Å². The van der Waals surface area contributed by atoms with Gasteiger partial charge in [0.25, 0.3) is 0 Å². The molecule has 1 atom stereocenters. The first-order valence-electron chi connectivity index (χ1n) is 8.17. The molecule has 6 nitrogen and oxygen atoms in total. The molecule has 0 radical (unpaired) electrons. The van der Waals surface area contributed by atoms with E-state index in [1.807, 2.05) is 49.8 Å². The van der Waals surface area contributed by atoms with Crippen molar-refractivity contribution in [2.75, 3.05) is 39.2 Å². The van der Waals surface area contributed by atoms with Gasteiger partial charge in [-0.3, -0.25) is 4.90 Å². The molecule has 1 aliphatic rings. The average Bonchev–Trinajstić information content (AvgIpc) is 3.05. The molecule has 1 N–H and O–H groups in total. The zero-order valence-electron chi connectivity index (χ0n) is 14.2. The standard InChI is InChI=1S/C18H24N4O2/c1-19-17-20-10-15(11-21-17)12-22-9-8-18(13-22,23-2)14-24-16-6-4-3-5-7-16/h3-7,10-11H,8-9,12-14H2,1-2H3,(H,19,20,21). The largest absolute Gasteiger partial charge is 0.491 e. The number of hydrogen-bond donors (Lipinski definition) is 1. The van der Waals surface area contributed by atoms with Gasteiger partial charge in [0.15, 0.2) is 0 Å². The Morgan fingerprint density at radius 3 is 2.62 bits per heavy atom. The molecule has 0 saturated carbocycles. The summed E-state index contributed by atoms with van der Waals surface area (Å²) in [7, 11) is 3.58. The third-order valence-electron chi connectivity index (χ3n) is 4.41. The lowest BCUT2D eigenvalue weighted by Crippen LogP contribution is -2.41. The molecule has 24 heavy (non-hydrogen) atoms. The van der Waals surface area contributed by atoms with Crippen molar-refractivity contribution >= 4 is 5.95 Å². The molecule has 1 fully saturated rings. The van der Waals surface area contributed by atoms with Crippen molar-refractivity contribution in [3.63, 3.8) is 0 Å². The summed E-state index contributed by atoms with van der Waals surface area (Å²) in [6, 6.07) is 9.88. The smallest absolute Gasteiger partial charge is 0.222 e. The number of ether oxygens (including phenoxy) is 2. The van der Waals surface area contributed by atoms with Crippen LogP contribution in [-0.4, -0.2) is 54.3 Å². The SMILES string of the molecule is CNc1ncc(CN2CCC(COc3ccccc3)(OC)C2)cn1. The van der Waals surface area contributed by atoms with E-state index in [0.717, 1.165) is 37.4 Å². The Kier molecular flexibility index (Phi) is 5.27. The van der Waals surface area contributed by atoms with Gasteiger partial charge in [0.2, 0.25) is 5.95 Å². The van der Waals surface area contributed by atoms with Crippen molar-refractivity contribution in [2.45, 2.75) is 18.6 Å². The fraction of sp³-hybridized carbons (Fsp3) is 0.444. The minimum atomic E-state index is -0.262. The maximum absolute atomic E-state index is 5.93. The molecular formula is C18H24N4O2. The minimum Gasteiger partial charge on any atom is -0.491 e. The van der Waals surface area contributed by atoms with E-state index in [2.05, 4.69) is 20.2 Å². The Morgan fingerprint density at radius 1 is 1.21 bits per heavy atom. The molecule has 1 aliphatic heterocycles. The molecule has 1 aromatic carbocycles. The summed E-state index contributed by atoms with van der Waals surface area (Å²) < 4.78 is 11.7. The third-order valence-corrected chi connectivity index (χ3v) is 4.41. The second-order valence-electron chi connectivity index (χ2n) is 6.11. The Hall–Kier alpha value is -2.18. The van der Waals surface area contributed by atoms with Gasteiger partial charge in [-0.1, -0.05) is 18.2 Å². The summed E-state index contributed by atoms with van der Waals surface area (Å²) in [4.78, 5) is 10.9. The summed E-state index contributed by atoms with van der Waals surface area (Å²) >= 11 is 0. The van der Waals surface area contributed by atoms with E-state index in [0.29, 0.717) is 12.6 Å². The van der Waals surface area contributed by atoms with E-state index in [-0.39, 0.29) is 5.60 Å². The first-order valence-corrected chi connectivity index (χ1v) is 8.17. The Labute approximate surface area is 142 Å². The van der Waals surface area contributed by atoms with Crippen molar-refractivity contribution in [2.24, 2.45) is 0 Å². The van der Waals surface area contributed by atoms with Crippen LogP contribution in [0.25, 0.3) is 0 Å². The Balaban J connectivity index is 1.56. The predicted octanol–water partition coefficient (Wildman–Crippen LogP) is 2.19. The van der Waals surface area contributed by atoms with Crippen LogP contribution in [0.5, 0.6) is 5.75 Å². The van der Waals surface area contributed by atoms with E-state index in [9.17, 15) is 0 Å². The summed E-state index contributed by atoms with van der Waals surface area (Å²) in [6.45, 7) is 3.18. The van der Waals surface area contributed by atoms with Crippen LogP contribution in [0.1, 0.15) is 12.0 Å². The number of nitrogens with one attached hydrogen (secondary N) is 1. The highest BCUT2D eigenvalue weighted by atomic mass is 16.5. The van der Waals surface area contributed by atoms with E-state index in [1.54, 1.807) is 7.11 Å². The zero-order valence-corrected chi connectivity index (χ0v) is 14.2. The molecule has 1 unspecified atom stereocenters. The lowest BCUT2D eigenvalue weighted by Gasteiger charge is -2.28. The zero-order chi connectivity index (χ0) is 16.8. The first kappa shape index (κ1) is 16.7. The van der Waals surface area contributed by atoms with Crippen LogP contribution in [0.2, 0.25) is 0 Å². The van der Waals surface area contributed by atoms with Gasteiger partial charge in [-0.2, -0.15) is 0 Å². The average molecular weight is 328 g/mol. The molecule has 6 heteroatoms. The number of aromatic nitrogens is 2. The van der Waals surface area contributed by atoms with Crippen molar-refractivity contribution < 1.29 is 9.47 Å². The number of hydrogen-bond acceptors (Lipinski definition) is 6. The van der Waals surface area contributed by atoms with E-state index < -0.39 is 0 Å². The van der Waals surface area contributed by atoms with Crippen molar-refractivity contribution in [1.82, 2.24) is 14.9 Å². The predicted molar refractivity (Wildman–Crippen MR) is 93.1 cm³/mol. The van der Waals surface area contributed by atoms with Gasteiger partial charge >= 0.3 is 0 Å². The first-order chi connectivity index (χ1) is 11.7. The molecule has 1 aromatic heterocycles. The van der Waals surface area contributed by atoms with Crippen LogP contribution in [0.15, 0.2) is 42.7 Å². The number of nitrogens with zero attached hydrogens (tertiary/aromatic N) is 3. The number of para-hydroxylation sites is 1. The topological polar surface area (TPSA) is 59.5 Å². The number of anilines is 1. The summed E-state index contributed by atoms with van der Waals surface area (Å²) in [6.07, 6.45) is 4.68. The quantitative estimate of drug-likeness (QED) is 0.841. The second kappa shape index (κ2) is 7.59. The summed E-state index contributed by atoms with van der Waals surface area (Å²) in [5, 5.41) is 2.93. The number of benzene rings is 1. The Bertz CT molecular complexity index is 635. The maximum atomic E-state index is 5.93. The van der Waals surface area contributed by atoms with Crippen LogP contribution in [0, 0.1) is 0 Å². The molecule has 0 spiro atoms. The summed E-state index contributed by atoms with van der Waals surface area (Å²) in [5.74, 6) is 1.52. The van der Waals surface area contributed by atoms with Crippen molar-refractivity contribution in [3.8, 4) is 5.75 Å². The number of rotatable bonds is 7. The fourth-order valence-corrected chi connectivity index (χ4v) is 2.96. The van der Waals surface area contributed by atoms with Gasteiger partial charge < -0.3 is 14.8 Å². The van der Waals surface area contributed by atoms with Crippen LogP contribution in [0.3, 0.4) is 0 Å². The van der Waals surface area contributed by atoms with E-state index in [1.165, 1.54) is 0 Å². The second-order valence-corrected chi connectivity index (χ2v) is 6.11. The lowest BCUT2D eigenvalue weighted by molar-refractivity contribution is -0.0359. The lowest BCUT2D eigenvalue weighted by atomic mass is 10.0. The molecule has 0 aliphatic carbocycles. The molecular weight excluding hydrogens is 304 g/mol. The van der Waals surface area contributed by atoms with Crippen LogP contribution in [-0.2, 0) is 11.3 Å². The van der Waals surface area contributed by atoms with Crippen molar-refractivity contribution in [3.05, 3.63) is 48.3 Å². The van der Waals surface area contributed by atoms with Gasteiger partial charge in [-0.15, -0.1) is 0 Å². The molecule has 0 bridgehead atoms. The highest BCUT2D eigenvalue weighted by molar-refractivity contribution is 5.23. The van der Waals surface area contributed by atoms with Gasteiger partial charge in [-0.25, -0.2) is 9.97 Å². The molecule has 128 valence electrons. The van der Waals surface area contributed by atoms with Gasteiger partial charge in [0, 0.05) is 51.7 Å². The monoisotopic (exact) mass is 328 g/mol. The Morgan fingerprint density at radius 2 is 1.96 bits per heavy atom. The van der Waals surface area contributed by atoms with Crippen molar-refractivity contribution in [1.29, 1.82) is 0 Å². The highest BCUT2D eigenvalue weighted by Crippen LogP contribution is 2.27. The fourth-order valence-electron chi connectivity index (χ4n) is 2.96. The molecule has 3 rings (SSSR count). The number of likely N-dealkylation sites (tertiary alicyclic amines) is 1. The van der Waals surface area contributed by atoms with E-state index in [4.69, 9.17) is 9.47 Å². The molecule has 0 amide bonds. The van der Waals surface area contributed by atoms with Crippen LogP contribution >= 0.6 is 0 Å². The maximum Gasteiger partial charge on any atom is 0.222 e. The third kappa shape index (κ3) is 4.01. The molecule has 2 aromatic rings. The molecule has 2 heterocycles. The van der Waals surface area contributed by atoms with Crippen LogP contribution < -0.4 is 10.1 Å². The molecule has 1 saturated heterocycles. The highest BCUT2D eigenvalue weighted by Gasteiger charge is 2.39. The van der Waals surface area contributed by atoms with E-state index >= 15 is 0 Å². The van der Waals surface area contributed by atoms with Gasteiger partial charge in [-0.05, 0) is 18.6 Å². The number of methoxy groups -OCH3 is 1. The van der Waals surface area contributed by atoms with Crippen LogP contribution in [0.4, 0.5) is 5.95 Å².